The molecule has 2 rings (SSSR count). The van der Waals surface area contributed by atoms with Crippen molar-refractivity contribution in [1.82, 2.24) is 9.97 Å². The van der Waals surface area contributed by atoms with Crippen LogP contribution in [0.5, 0.6) is 0 Å². The highest BCUT2D eigenvalue weighted by atomic mass is 15.1. The molecule has 0 atom stereocenters. The van der Waals surface area contributed by atoms with Crippen LogP contribution >= 0.6 is 0 Å². The molecule has 0 aliphatic heterocycles. The molecule has 1 aromatic heterocycles. The fraction of sp³-hybridized carbons (Fsp3) is 0.286. The van der Waals surface area contributed by atoms with Gasteiger partial charge in [-0.1, -0.05) is 6.07 Å². The zero-order valence-electron chi connectivity index (χ0n) is 11.3. The maximum Gasteiger partial charge on any atom is 0.135 e. The fourth-order valence-electron chi connectivity index (χ4n) is 1.92. The van der Waals surface area contributed by atoms with E-state index in [0.717, 1.165) is 17.3 Å². The number of rotatable bonds is 5. The number of anilines is 3. The van der Waals surface area contributed by atoms with E-state index in [2.05, 4.69) is 52.6 Å². The molecule has 0 radical (unpaired) electrons. The molecule has 0 bridgehead atoms. The Balaban J connectivity index is 2.13. The third-order valence-electron chi connectivity index (χ3n) is 2.61. The molecule has 2 aromatic rings. The molecule has 5 heteroatoms. The van der Waals surface area contributed by atoms with E-state index in [9.17, 15) is 0 Å². The Morgan fingerprint density at radius 1 is 1.00 bits per heavy atom. The Morgan fingerprint density at radius 3 is 2.37 bits per heavy atom. The molecule has 4 N–H and O–H groups in total. The summed E-state index contributed by atoms with van der Waals surface area (Å²) in [5.74, 6) is 1.53. The van der Waals surface area contributed by atoms with Gasteiger partial charge in [0, 0.05) is 24.8 Å². The Morgan fingerprint density at radius 2 is 1.68 bits per heavy atom. The smallest absolute Gasteiger partial charge is 0.135 e. The Labute approximate surface area is 113 Å². The van der Waals surface area contributed by atoms with Gasteiger partial charge in [0.05, 0.1) is 0 Å². The van der Waals surface area contributed by atoms with Crippen molar-refractivity contribution in [3.63, 3.8) is 0 Å². The Kier molecular flexibility index (Phi) is 4.30. The standard InChI is InChI=1S/C14H19N5/c1-10-5-11(2)7-12(6-10)19-14-8-13(16-4-3-15)17-9-18-14/h5-9H,3-4,15H2,1-2H3,(H2,16,17,18,19). The number of aryl methyl sites for hydroxylation is 2. The lowest BCUT2D eigenvalue weighted by Crippen LogP contribution is -2.14. The SMILES string of the molecule is Cc1cc(C)cc(Nc2cc(NCCN)ncn2)c1. The molecule has 19 heavy (non-hydrogen) atoms. The molecule has 0 aliphatic carbocycles. The van der Waals surface area contributed by atoms with Gasteiger partial charge in [-0.25, -0.2) is 9.97 Å². The molecule has 5 nitrogen and oxygen atoms in total. The summed E-state index contributed by atoms with van der Waals surface area (Å²) in [5, 5.41) is 6.41. The summed E-state index contributed by atoms with van der Waals surface area (Å²) in [4.78, 5) is 8.34. The summed E-state index contributed by atoms with van der Waals surface area (Å²) >= 11 is 0. The number of hydrogen-bond acceptors (Lipinski definition) is 5. The minimum Gasteiger partial charge on any atom is -0.369 e. The average Bonchev–Trinajstić information content (AvgIpc) is 2.35. The largest absolute Gasteiger partial charge is 0.369 e. The first-order valence-electron chi connectivity index (χ1n) is 6.28. The third kappa shape index (κ3) is 3.93. The highest BCUT2D eigenvalue weighted by molar-refractivity contribution is 5.60. The topological polar surface area (TPSA) is 75.9 Å². The highest BCUT2D eigenvalue weighted by Gasteiger charge is 2.00. The van der Waals surface area contributed by atoms with E-state index in [-0.39, 0.29) is 0 Å². The molecular formula is C14H19N5. The molecule has 0 fully saturated rings. The number of aromatic nitrogens is 2. The monoisotopic (exact) mass is 257 g/mol. The summed E-state index contributed by atoms with van der Waals surface area (Å²) in [6, 6.07) is 8.18. The molecule has 0 aliphatic rings. The van der Waals surface area contributed by atoms with Gasteiger partial charge in [0.15, 0.2) is 0 Å². The molecule has 0 unspecified atom stereocenters. The summed E-state index contributed by atoms with van der Waals surface area (Å²) in [6.07, 6.45) is 1.53. The van der Waals surface area contributed by atoms with Gasteiger partial charge in [0.1, 0.15) is 18.0 Å². The van der Waals surface area contributed by atoms with Gasteiger partial charge < -0.3 is 16.4 Å². The number of benzene rings is 1. The van der Waals surface area contributed by atoms with Gasteiger partial charge in [-0.15, -0.1) is 0 Å². The molecule has 0 saturated heterocycles. The molecule has 1 heterocycles. The lowest BCUT2D eigenvalue weighted by Gasteiger charge is -2.09. The molecule has 0 spiro atoms. The van der Waals surface area contributed by atoms with Gasteiger partial charge in [-0.05, 0) is 37.1 Å². The summed E-state index contributed by atoms with van der Waals surface area (Å²) in [7, 11) is 0. The number of nitrogens with zero attached hydrogens (tertiary/aromatic N) is 2. The summed E-state index contributed by atoms with van der Waals surface area (Å²) in [6.45, 7) is 5.42. The lowest BCUT2D eigenvalue weighted by atomic mass is 10.1. The summed E-state index contributed by atoms with van der Waals surface area (Å²) < 4.78 is 0. The van der Waals surface area contributed by atoms with Gasteiger partial charge in [0.2, 0.25) is 0 Å². The predicted octanol–water partition coefficient (Wildman–Crippen LogP) is 2.21. The second-order valence-corrected chi connectivity index (χ2v) is 4.51. The van der Waals surface area contributed by atoms with Crippen molar-refractivity contribution in [1.29, 1.82) is 0 Å². The lowest BCUT2D eigenvalue weighted by molar-refractivity contribution is 1.00. The van der Waals surface area contributed by atoms with Crippen LogP contribution in [0.2, 0.25) is 0 Å². The minimum absolute atomic E-state index is 0.573. The van der Waals surface area contributed by atoms with Crippen LogP contribution in [0.1, 0.15) is 11.1 Å². The Hall–Kier alpha value is -2.14. The van der Waals surface area contributed by atoms with Gasteiger partial charge >= 0.3 is 0 Å². The van der Waals surface area contributed by atoms with Crippen LogP contribution in [0.3, 0.4) is 0 Å². The average molecular weight is 257 g/mol. The van der Waals surface area contributed by atoms with Gasteiger partial charge in [-0.2, -0.15) is 0 Å². The third-order valence-corrected chi connectivity index (χ3v) is 2.61. The van der Waals surface area contributed by atoms with Crippen LogP contribution < -0.4 is 16.4 Å². The van der Waals surface area contributed by atoms with Crippen molar-refractivity contribution < 1.29 is 0 Å². The number of nitrogens with one attached hydrogen (secondary N) is 2. The first-order valence-corrected chi connectivity index (χ1v) is 6.28. The fourth-order valence-corrected chi connectivity index (χ4v) is 1.92. The zero-order valence-corrected chi connectivity index (χ0v) is 11.3. The first kappa shape index (κ1) is 13.3. The van der Waals surface area contributed by atoms with Crippen molar-refractivity contribution in [3.05, 3.63) is 41.7 Å². The quantitative estimate of drug-likeness (QED) is 0.765. The van der Waals surface area contributed by atoms with Crippen molar-refractivity contribution in [3.8, 4) is 0 Å². The summed E-state index contributed by atoms with van der Waals surface area (Å²) in [5.41, 5.74) is 8.92. The van der Waals surface area contributed by atoms with Gasteiger partial charge in [0.25, 0.3) is 0 Å². The van der Waals surface area contributed by atoms with E-state index in [1.54, 1.807) is 0 Å². The number of nitrogens with two attached hydrogens (primary N) is 1. The van der Waals surface area contributed by atoms with Crippen LogP contribution in [0, 0.1) is 13.8 Å². The minimum atomic E-state index is 0.573. The maximum absolute atomic E-state index is 5.45. The van der Waals surface area contributed by atoms with Crippen LogP contribution in [0.15, 0.2) is 30.6 Å². The van der Waals surface area contributed by atoms with E-state index >= 15 is 0 Å². The highest BCUT2D eigenvalue weighted by Crippen LogP contribution is 2.19. The van der Waals surface area contributed by atoms with Crippen LogP contribution in [-0.4, -0.2) is 23.1 Å². The van der Waals surface area contributed by atoms with Crippen LogP contribution in [0.25, 0.3) is 0 Å². The van der Waals surface area contributed by atoms with Crippen LogP contribution in [-0.2, 0) is 0 Å². The second-order valence-electron chi connectivity index (χ2n) is 4.51. The maximum atomic E-state index is 5.45. The molecular weight excluding hydrogens is 238 g/mol. The molecule has 0 amide bonds. The van der Waals surface area contributed by atoms with Crippen LogP contribution in [0.4, 0.5) is 17.3 Å². The number of hydrogen-bond donors (Lipinski definition) is 3. The van der Waals surface area contributed by atoms with E-state index in [1.807, 2.05) is 6.07 Å². The van der Waals surface area contributed by atoms with Crippen molar-refractivity contribution in [2.24, 2.45) is 5.73 Å². The second kappa shape index (κ2) is 6.15. The first-order chi connectivity index (χ1) is 9.17. The van der Waals surface area contributed by atoms with Gasteiger partial charge in [-0.3, -0.25) is 0 Å². The van der Waals surface area contributed by atoms with E-state index < -0.39 is 0 Å². The molecule has 100 valence electrons. The zero-order chi connectivity index (χ0) is 13.7. The molecule has 1 aromatic carbocycles. The predicted molar refractivity (Wildman–Crippen MR) is 78.8 cm³/mol. The van der Waals surface area contributed by atoms with E-state index in [0.29, 0.717) is 13.1 Å². The van der Waals surface area contributed by atoms with Crippen molar-refractivity contribution in [2.45, 2.75) is 13.8 Å². The van der Waals surface area contributed by atoms with Crippen molar-refractivity contribution >= 4 is 17.3 Å². The Bertz CT molecular complexity index is 533. The van der Waals surface area contributed by atoms with Crippen molar-refractivity contribution in [2.75, 3.05) is 23.7 Å². The normalized spacial score (nSPS) is 10.3. The molecule has 0 saturated carbocycles. The van der Waals surface area contributed by atoms with E-state index in [1.165, 1.54) is 17.5 Å². The van der Waals surface area contributed by atoms with E-state index in [4.69, 9.17) is 5.73 Å².